The molecule has 1 N–H and O–H groups in total. The minimum absolute atomic E-state index is 0.0725. The first-order chi connectivity index (χ1) is 9.94. The van der Waals surface area contributed by atoms with E-state index in [0.717, 1.165) is 6.07 Å². The Bertz CT molecular complexity index is 482. The van der Waals surface area contributed by atoms with Crippen LogP contribution in [0.1, 0.15) is 25.0 Å². The summed E-state index contributed by atoms with van der Waals surface area (Å²) in [6.45, 7) is 1.61. The van der Waals surface area contributed by atoms with Crippen LogP contribution in [-0.2, 0) is 0 Å². The van der Waals surface area contributed by atoms with Crippen LogP contribution < -0.4 is 4.74 Å². The minimum Gasteiger partial charge on any atom is -0.493 e. The fourth-order valence-corrected chi connectivity index (χ4v) is 1.81. The van der Waals surface area contributed by atoms with Gasteiger partial charge in [0.1, 0.15) is 5.75 Å². The summed E-state index contributed by atoms with van der Waals surface area (Å²) in [7, 11) is 0. The molecular formula is C13H13F7O2. The molecule has 0 bridgehead atoms. The van der Waals surface area contributed by atoms with Crippen molar-refractivity contribution in [3.05, 3.63) is 29.8 Å². The van der Waals surface area contributed by atoms with E-state index in [4.69, 9.17) is 4.74 Å². The van der Waals surface area contributed by atoms with Crippen molar-refractivity contribution >= 4 is 0 Å². The van der Waals surface area contributed by atoms with Crippen LogP contribution in [0.25, 0.3) is 0 Å². The fraction of sp³-hybridized carbons (Fsp3) is 0.538. The van der Waals surface area contributed by atoms with E-state index < -0.39 is 30.5 Å². The van der Waals surface area contributed by atoms with E-state index in [0.29, 0.717) is 0 Å². The maximum absolute atomic E-state index is 13.6. The molecule has 22 heavy (non-hydrogen) atoms. The fourth-order valence-electron chi connectivity index (χ4n) is 1.81. The molecule has 2 nitrogen and oxygen atoms in total. The van der Waals surface area contributed by atoms with Crippen molar-refractivity contribution in [2.45, 2.75) is 37.5 Å². The van der Waals surface area contributed by atoms with Crippen LogP contribution in [0.4, 0.5) is 30.7 Å². The molecule has 0 amide bonds. The van der Waals surface area contributed by atoms with E-state index >= 15 is 0 Å². The van der Waals surface area contributed by atoms with E-state index in [-0.39, 0.29) is 17.9 Å². The van der Waals surface area contributed by atoms with Gasteiger partial charge in [-0.15, -0.1) is 0 Å². The van der Waals surface area contributed by atoms with Crippen molar-refractivity contribution in [1.29, 1.82) is 0 Å². The summed E-state index contributed by atoms with van der Waals surface area (Å²) >= 11 is 0. The van der Waals surface area contributed by atoms with Gasteiger partial charge in [-0.05, 0) is 13.0 Å². The molecule has 0 aliphatic rings. The summed E-state index contributed by atoms with van der Waals surface area (Å²) in [5.41, 5.74) is -5.86. The molecule has 0 aliphatic heterocycles. The molecular weight excluding hydrogens is 321 g/mol. The zero-order valence-corrected chi connectivity index (χ0v) is 11.3. The number of hydrogen-bond donors (Lipinski definition) is 1. The number of ether oxygens (including phenoxy) is 1. The van der Waals surface area contributed by atoms with Crippen molar-refractivity contribution < 1.29 is 40.6 Å². The standard InChI is InChI=1S/C13H13F7O2/c1-2-22-10-6-4-3-5-8(10)9(21)7-11(14,12(15,16)17)13(18,19)20/h3-6,9,21H,2,7H2,1H3. The minimum atomic E-state index is -6.20. The zero-order valence-electron chi connectivity index (χ0n) is 11.3. The quantitative estimate of drug-likeness (QED) is 0.812. The van der Waals surface area contributed by atoms with E-state index in [2.05, 4.69) is 0 Å². The first-order valence-electron chi connectivity index (χ1n) is 6.16. The number of hydrogen-bond acceptors (Lipinski definition) is 2. The Morgan fingerprint density at radius 1 is 1.00 bits per heavy atom. The van der Waals surface area contributed by atoms with Gasteiger partial charge in [0.25, 0.3) is 0 Å². The van der Waals surface area contributed by atoms with E-state index in [1.807, 2.05) is 0 Å². The first kappa shape index (κ1) is 18.5. The van der Waals surface area contributed by atoms with E-state index in [1.54, 1.807) is 0 Å². The van der Waals surface area contributed by atoms with Crippen LogP contribution >= 0.6 is 0 Å². The number of aliphatic hydroxyl groups excluding tert-OH is 1. The zero-order chi connectivity index (χ0) is 17.2. The summed E-state index contributed by atoms with van der Waals surface area (Å²) < 4.78 is 93.5. The van der Waals surface area contributed by atoms with Crippen molar-refractivity contribution in [3.8, 4) is 5.75 Å². The van der Waals surface area contributed by atoms with Gasteiger partial charge in [0.15, 0.2) is 0 Å². The lowest BCUT2D eigenvalue weighted by atomic mass is 9.92. The third kappa shape index (κ3) is 3.63. The van der Waals surface area contributed by atoms with Gasteiger partial charge in [0.05, 0.1) is 12.7 Å². The monoisotopic (exact) mass is 334 g/mol. The molecule has 0 radical (unpaired) electrons. The van der Waals surface area contributed by atoms with Crippen LogP contribution in [-0.4, -0.2) is 29.7 Å². The van der Waals surface area contributed by atoms with Gasteiger partial charge < -0.3 is 9.84 Å². The molecule has 0 heterocycles. The molecule has 1 unspecified atom stereocenters. The average molecular weight is 334 g/mol. The molecule has 1 atom stereocenters. The maximum Gasteiger partial charge on any atom is 0.431 e. The van der Waals surface area contributed by atoms with Crippen molar-refractivity contribution in [3.63, 3.8) is 0 Å². The summed E-state index contributed by atoms with van der Waals surface area (Å²) in [6, 6.07) is 5.02. The van der Waals surface area contributed by atoms with E-state index in [9.17, 15) is 35.8 Å². The Kier molecular flexibility index (Phi) is 5.32. The van der Waals surface area contributed by atoms with Crippen LogP contribution in [0, 0.1) is 0 Å². The normalized spacial score (nSPS) is 14.8. The number of aliphatic hydroxyl groups is 1. The highest BCUT2D eigenvalue weighted by Gasteiger charge is 2.72. The molecule has 126 valence electrons. The lowest BCUT2D eigenvalue weighted by Gasteiger charge is -2.31. The van der Waals surface area contributed by atoms with Crippen molar-refractivity contribution in [2.24, 2.45) is 0 Å². The lowest BCUT2D eigenvalue weighted by Crippen LogP contribution is -2.54. The predicted molar refractivity (Wildman–Crippen MR) is 63.1 cm³/mol. The molecule has 1 aromatic rings. The van der Waals surface area contributed by atoms with Crippen LogP contribution in [0.2, 0.25) is 0 Å². The third-order valence-electron chi connectivity index (χ3n) is 2.95. The second-order valence-electron chi connectivity index (χ2n) is 4.49. The molecule has 1 aromatic carbocycles. The third-order valence-corrected chi connectivity index (χ3v) is 2.95. The van der Waals surface area contributed by atoms with Crippen LogP contribution in [0.3, 0.4) is 0 Å². The number of benzene rings is 1. The van der Waals surface area contributed by atoms with Gasteiger partial charge in [0, 0.05) is 12.0 Å². The van der Waals surface area contributed by atoms with Gasteiger partial charge in [-0.3, -0.25) is 0 Å². The Morgan fingerprint density at radius 2 is 1.50 bits per heavy atom. The molecule has 0 aliphatic carbocycles. The first-order valence-corrected chi connectivity index (χ1v) is 6.16. The SMILES string of the molecule is CCOc1ccccc1C(O)CC(F)(C(F)(F)F)C(F)(F)F. The number of alkyl halides is 7. The Labute approximate surface area is 121 Å². The highest BCUT2D eigenvalue weighted by molar-refractivity contribution is 5.35. The summed E-state index contributed by atoms with van der Waals surface area (Å²) in [6.07, 6.45) is -16.9. The van der Waals surface area contributed by atoms with Gasteiger partial charge in [-0.25, -0.2) is 4.39 Å². The molecule has 0 spiro atoms. The summed E-state index contributed by atoms with van der Waals surface area (Å²) in [5.74, 6) is -0.107. The van der Waals surface area contributed by atoms with Gasteiger partial charge in [0.2, 0.25) is 0 Å². The largest absolute Gasteiger partial charge is 0.493 e. The highest BCUT2D eigenvalue weighted by atomic mass is 19.4. The molecule has 0 saturated heterocycles. The van der Waals surface area contributed by atoms with Crippen molar-refractivity contribution in [1.82, 2.24) is 0 Å². The maximum atomic E-state index is 13.6. The molecule has 0 saturated carbocycles. The lowest BCUT2D eigenvalue weighted by molar-refractivity contribution is -0.347. The molecule has 9 heteroatoms. The Hall–Kier alpha value is -1.51. The number of rotatable bonds is 5. The van der Waals surface area contributed by atoms with Gasteiger partial charge in [-0.1, -0.05) is 18.2 Å². The predicted octanol–water partition coefficient (Wildman–Crippen LogP) is 4.34. The molecule has 0 fully saturated rings. The summed E-state index contributed by atoms with van der Waals surface area (Å²) in [4.78, 5) is 0. The second-order valence-corrected chi connectivity index (χ2v) is 4.49. The second kappa shape index (κ2) is 6.31. The van der Waals surface area contributed by atoms with Crippen molar-refractivity contribution in [2.75, 3.05) is 6.61 Å². The van der Waals surface area contributed by atoms with Gasteiger partial charge >= 0.3 is 18.0 Å². The highest BCUT2D eigenvalue weighted by Crippen LogP contribution is 2.51. The summed E-state index contributed by atoms with van der Waals surface area (Å²) in [5, 5.41) is 9.67. The number of halogens is 7. The number of para-hydroxylation sites is 1. The average Bonchev–Trinajstić information content (AvgIpc) is 2.37. The smallest absolute Gasteiger partial charge is 0.431 e. The van der Waals surface area contributed by atoms with Crippen LogP contribution in [0.15, 0.2) is 24.3 Å². The Balaban J connectivity index is 3.16. The molecule has 0 aromatic heterocycles. The van der Waals surface area contributed by atoms with E-state index in [1.165, 1.54) is 25.1 Å². The molecule has 1 rings (SSSR count). The van der Waals surface area contributed by atoms with Gasteiger partial charge in [-0.2, -0.15) is 26.3 Å². The van der Waals surface area contributed by atoms with Crippen LogP contribution in [0.5, 0.6) is 5.75 Å². The Morgan fingerprint density at radius 3 is 1.95 bits per heavy atom. The topological polar surface area (TPSA) is 29.5 Å².